The molecule has 16 aliphatic rings. The highest BCUT2D eigenvalue weighted by atomic mass is 28.4. The van der Waals surface area contributed by atoms with Crippen molar-refractivity contribution >= 4 is 16.6 Å². The van der Waals surface area contributed by atoms with Crippen LogP contribution in [-0.2, 0) is 42.0 Å². The van der Waals surface area contributed by atoms with Crippen molar-refractivity contribution in [3.8, 4) is 0 Å². The molecule has 4 saturated heterocycles. The average Bonchev–Trinajstić information content (AvgIpc) is 1.46. The van der Waals surface area contributed by atoms with Crippen LogP contribution in [0.3, 0.4) is 0 Å². The molecule has 4 aliphatic heterocycles. The molecule has 0 radical (unpaired) electrons. The van der Waals surface area contributed by atoms with Gasteiger partial charge in [0.25, 0.3) is 0 Å². The number of aliphatic hydroxyl groups is 3. The van der Waals surface area contributed by atoms with E-state index in [-0.39, 0.29) is 115 Å². The highest BCUT2D eigenvalue weighted by Crippen LogP contribution is 2.92. The SMILES string of the molecule is C.C.CCO[C@@H]([C@H]1C[C@@H](C)[C@H]2[C@H](O1)[C@H](O[Si](CC)(CC)CC)[C@@]1(C)[C@@H]3CC[C@H]4C(C)(C)[C@@H](O[C@H]5CN(C6CCC6)CCO5)CC[C@@]45CC35CC[C@]21C)C(C)(C)O.CC[Si](CC)(CC)O[C@H]1[C@H]2O[C@@H]([C@H](O)C(C)(C)O)C[C@@H](C)[C@@H]2[C@@]2(C)CCC34C[C@@]35CC[C@H](O[C@H]3CN(C6CCC6)CCO3)C(C)(C)[C@@H]5CC[C@H]4[C@]12C. The lowest BCUT2D eigenvalue weighted by Crippen LogP contribution is -2.61. The molecule has 16 rings (SSSR count). The van der Waals surface area contributed by atoms with E-state index < -0.39 is 33.9 Å². The van der Waals surface area contributed by atoms with E-state index in [0.29, 0.717) is 75.6 Å². The maximum atomic E-state index is 11.5. The van der Waals surface area contributed by atoms with Crippen LogP contribution in [0.1, 0.15) is 302 Å². The number of ether oxygens (including phenoxy) is 7. The topological polar surface area (TPSA) is 150 Å². The van der Waals surface area contributed by atoms with Crippen molar-refractivity contribution in [1.82, 2.24) is 9.80 Å². The van der Waals surface area contributed by atoms with Gasteiger partial charge < -0.3 is 57.3 Å². The minimum absolute atomic E-state index is 0. The van der Waals surface area contributed by atoms with Crippen LogP contribution in [-0.4, -0.2) is 185 Å². The second-order valence-corrected chi connectivity index (χ2v) is 52.9. The van der Waals surface area contributed by atoms with Crippen LogP contribution in [0.5, 0.6) is 0 Å². The van der Waals surface area contributed by atoms with E-state index in [1.54, 1.807) is 13.8 Å². The Morgan fingerprint density at radius 1 is 0.481 bits per heavy atom. The van der Waals surface area contributed by atoms with Gasteiger partial charge in [-0.15, -0.1) is 0 Å². The summed E-state index contributed by atoms with van der Waals surface area (Å²) >= 11 is 0. The van der Waals surface area contributed by atoms with Crippen molar-refractivity contribution in [2.75, 3.05) is 46.0 Å². The van der Waals surface area contributed by atoms with Gasteiger partial charge in [0.15, 0.2) is 29.2 Å². The Morgan fingerprint density at radius 3 is 1.20 bits per heavy atom. The van der Waals surface area contributed by atoms with Crippen LogP contribution in [0.25, 0.3) is 0 Å². The van der Waals surface area contributed by atoms with Gasteiger partial charge in [0.2, 0.25) is 0 Å². The van der Waals surface area contributed by atoms with Gasteiger partial charge in [0.05, 0.1) is 73.2 Å². The van der Waals surface area contributed by atoms with E-state index in [2.05, 4.69) is 121 Å². The minimum atomic E-state index is -2.01. The smallest absolute Gasteiger partial charge is 0.192 e. The van der Waals surface area contributed by atoms with Gasteiger partial charge >= 0.3 is 0 Å². The quantitative estimate of drug-likeness (QED) is 0.0882. The fourth-order valence-corrected chi connectivity index (χ4v) is 37.6. The van der Waals surface area contributed by atoms with Crippen LogP contribution >= 0.6 is 0 Å². The zero-order chi connectivity index (χ0) is 76.0. The van der Waals surface area contributed by atoms with Crippen molar-refractivity contribution in [2.45, 2.75) is 435 Å². The molecule has 108 heavy (non-hydrogen) atoms. The standard InChI is InChI=1S/C46H81NO6Si.C44H77NO6Si.2CH4/c1-12-49-39(42(8,9)48)32-27-30(5)37-38(51-32)40(53-54(13-2,14-3)15-4)44(11)34-20-19-33-41(6,7)35(52-36-28-47(25-26-50-36)31-17-16-18-31)21-22-45(33)29-46(34,45)24-23-43(37,44)10;1-11-52(12-2,13-3)51-38-36-35(28(4)25-30(49-36)37(46)40(7,8)47)41(9)21-22-44-27-43(44)20-19-33(39(5,6)31(43)17-18-32(44)42(38,41)10)50-34-26-45(23-24-48-34)29-15-14-16-29;;/h30-40,48H,12-29H2,1-11H3;28-38,46-47H,11-27H2,1-10H3;2*1H4/t30-,32-,33+,34+,35+,36+,37+,38+,39+,40+,43-,44-,45-,46?;28-,30-,31+,32+,33+,34+,35+,36+,37+,38+,41-,42-,43-,44?;;/m11../s1. The maximum Gasteiger partial charge on any atom is 0.192 e. The van der Waals surface area contributed by atoms with Gasteiger partial charge in [-0.3, -0.25) is 9.80 Å². The molecule has 4 heterocycles. The predicted molar refractivity (Wildman–Crippen MR) is 439 cm³/mol. The second-order valence-electron chi connectivity index (χ2n) is 43.4. The van der Waals surface area contributed by atoms with E-state index in [0.717, 1.165) is 113 Å². The number of rotatable bonds is 22. The van der Waals surface area contributed by atoms with Gasteiger partial charge in [0.1, 0.15) is 12.2 Å². The third kappa shape index (κ3) is 12.7. The first-order valence-electron chi connectivity index (χ1n) is 45.4. The van der Waals surface area contributed by atoms with Gasteiger partial charge in [0, 0.05) is 55.7 Å². The molecule has 28 atom stereocenters. The Kier molecular flexibility index (Phi) is 23.8. The van der Waals surface area contributed by atoms with Crippen molar-refractivity contribution in [1.29, 1.82) is 0 Å². The summed E-state index contributed by atoms with van der Waals surface area (Å²) < 4.78 is 63.7. The van der Waals surface area contributed by atoms with Gasteiger partial charge in [-0.05, 0) is 290 Å². The van der Waals surface area contributed by atoms with E-state index in [4.69, 9.17) is 42.0 Å². The largest absolute Gasteiger partial charge is 0.411 e. The van der Waals surface area contributed by atoms with Gasteiger partial charge in [-0.25, -0.2) is 0 Å². The molecule has 16 fully saturated rings. The zero-order valence-corrected chi connectivity index (χ0v) is 73.4. The molecule has 16 heteroatoms. The Labute approximate surface area is 662 Å². The first kappa shape index (κ1) is 85.7. The molecule has 14 nitrogen and oxygen atoms in total. The molecule has 0 aromatic carbocycles. The molecular formula is C92H166N2O12Si2. The number of morpholine rings is 2. The highest BCUT2D eigenvalue weighted by Gasteiger charge is 2.87. The highest BCUT2D eigenvalue weighted by molar-refractivity contribution is 6.74. The summed E-state index contributed by atoms with van der Waals surface area (Å²) in [5.41, 5.74) is -0.0992. The third-order valence-corrected chi connectivity index (χ3v) is 47.7. The molecule has 0 aromatic rings. The fourth-order valence-electron chi connectivity index (χ4n) is 31.7. The predicted octanol–water partition coefficient (Wildman–Crippen LogP) is 19.4. The van der Waals surface area contributed by atoms with Gasteiger partial charge in [-0.2, -0.15) is 0 Å². The van der Waals surface area contributed by atoms with Crippen LogP contribution < -0.4 is 0 Å². The Bertz CT molecular complexity index is 3080. The zero-order valence-electron chi connectivity index (χ0n) is 71.4. The summed E-state index contributed by atoms with van der Waals surface area (Å²) in [5, 5.41) is 33.8. The number of fused-ring (bicyclic) bond motifs is 8. The van der Waals surface area contributed by atoms with E-state index in [1.807, 2.05) is 20.8 Å². The summed E-state index contributed by atoms with van der Waals surface area (Å²) in [5.74, 6) is 4.34. The Hall–Kier alpha value is -0.126. The summed E-state index contributed by atoms with van der Waals surface area (Å²) in [4.78, 5) is 5.31. The molecule has 0 amide bonds. The maximum absolute atomic E-state index is 11.5. The van der Waals surface area contributed by atoms with E-state index in [1.165, 1.54) is 116 Å². The molecule has 4 spiro atoms. The number of aliphatic hydroxyl groups excluding tert-OH is 1. The number of hydrogen-bond acceptors (Lipinski definition) is 14. The minimum Gasteiger partial charge on any atom is -0.411 e. The van der Waals surface area contributed by atoms with Crippen LogP contribution in [0.4, 0.5) is 0 Å². The normalized spacial score (nSPS) is 47.9. The Balaban J connectivity index is 0.000000187. The first-order valence-corrected chi connectivity index (χ1v) is 50.5. The summed E-state index contributed by atoms with van der Waals surface area (Å²) in [6.45, 7) is 55.7. The molecule has 0 bridgehead atoms. The lowest BCUT2D eigenvalue weighted by molar-refractivity contribution is -0.252. The van der Waals surface area contributed by atoms with Gasteiger partial charge in [-0.1, -0.05) is 138 Å². The summed E-state index contributed by atoms with van der Waals surface area (Å²) in [6.07, 6.45) is 26.6. The summed E-state index contributed by atoms with van der Waals surface area (Å²) in [6, 6.07) is 8.37. The van der Waals surface area contributed by atoms with E-state index >= 15 is 0 Å². The Morgan fingerprint density at radius 2 is 0.852 bits per heavy atom. The first-order chi connectivity index (χ1) is 50.0. The van der Waals surface area contributed by atoms with Crippen LogP contribution in [0, 0.1) is 101 Å². The molecule has 2 unspecified atom stereocenters. The van der Waals surface area contributed by atoms with E-state index in [9.17, 15) is 15.3 Å². The molecule has 12 saturated carbocycles. The number of nitrogens with zero attached hydrogens (tertiary/aromatic N) is 2. The van der Waals surface area contributed by atoms with Crippen molar-refractivity contribution < 1.29 is 57.3 Å². The molecule has 624 valence electrons. The number of hydrogen-bond donors (Lipinski definition) is 3. The monoisotopic (exact) mass is 1550 g/mol. The van der Waals surface area contributed by atoms with Crippen molar-refractivity contribution in [2.24, 2.45) is 101 Å². The molecule has 3 N–H and O–H groups in total. The lowest BCUT2D eigenvalue weighted by atomic mass is 9.41. The molecular weight excluding hydrogens is 1380 g/mol. The third-order valence-electron chi connectivity index (χ3n) is 38.5. The lowest BCUT2D eigenvalue weighted by Gasteiger charge is -2.64. The second kappa shape index (κ2) is 30.0. The van der Waals surface area contributed by atoms with Crippen molar-refractivity contribution in [3.63, 3.8) is 0 Å². The average molecular weight is 1550 g/mol. The van der Waals surface area contributed by atoms with Crippen LogP contribution in [0.15, 0.2) is 0 Å². The summed E-state index contributed by atoms with van der Waals surface area (Å²) in [7, 11) is -4.01. The molecule has 12 aliphatic carbocycles. The fraction of sp³-hybridized carbons (Fsp3) is 1.00. The van der Waals surface area contributed by atoms with Crippen LogP contribution in [0.2, 0.25) is 36.3 Å². The van der Waals surface area contributed by atoms with Crippen molar-refractivity contribution in [3.05, 3.63) is 0 Å². The molecule has 0 aromatic heterocycles.